The van der Waals surface area contributed by atoms with Crippen molar-refractivity contribution in [2.75, 3.05) is 0 Å². The fourth-order valence-corrected chi connectivity index (χ4v) is 1.46. The summed E-state index contributed by atoms with van der Waals surface area (Å²) in [4.78, 5) is 13.9. The van der Waals surface area contributed by atoms with Crippen LogP contribution in [0.2, 0.25) is 0 Å². The Hall–Kier alpha value is -1.67. The van der Waals surface area contributed by atoms with Crippen molar-refractivity contribution in [3.8, 4) is 0 Å². The number of amides is 1. The zero-order valence-corrected chi connectivity index (χ0v) is 8.36. The summed E-state index contributed by atoms with van der Waals surface area (Å²) >= 11 is 0. The third kappa shape index (κ3) is 4.38. The maximum absolute atomic E-state index is 11.0. The predicted octanol–water partition coefficient (Wildman–Crippen LogP) is -0.316. The minimum atomic E-state index is -4.02. The summed E-state index contributed by atoms with van der Waals surface area (Å²) in [5, 5.41) is 8.20. The standard InChI is InChI=1S/C7H9N3O4S/c11-7(12)10-15(13,14)9-5-6-3-1-2-4-8-6/h1-4,9-10H,5H2,(H,11,12). The molecule has 1 rings (SSSR count). The van der Waals surface area contributed by atoms with Crippen LogP contribution in [-0.4, -0.2) is 24.6 Å². The molecule has 3 N–H and O–H groups in total. The number of hydrogen-bond donors (Lipinski definition) is 3. The minimum Gasteiger partial charge on any atom is -0.464 e. The molecule has 0 fully saturated rings. The number of carboxylic acid groups (broad SMARTS) is 1. The van der Waals surface area contributed by atoms with Crippen molar-refractivity contribution >= 4 is 16.3 Å². The first-order valence-electron chi connectivity index (χ1n) is 3.90. The van der Waals surface area contributed by atoms with E-state index in [1.54, 1.807) is 18.2 Å². The van der Waals surface area contributed by atoms with Gasteiger partial charge in [-0.2, -0.15) is 13.1 Å². The van der Waals surface area contributed by atoms with E-state index in [1.165, 1.54) is 10.9 Å². The van der Waals surface area contributed by atoms with Gasteiger partial charge in [-0.1, -0.05) is 6.07 Å². The van der Waals surface area contributed by atoms with Gasteiger partial charge in [0.2, 0.25) is 0 Å². The Morgan fingerprint density at radius 2 is 2.20 bits per heavy atom. The van der Waals surface area contributed by atoms with Gasteiger partial charge in [-0.15, -0.1) is 0 Å². The maximum atomic E-state index is 11.0. The van der Waals surface area contributed by atoms with Gasteiger partial charge >= 0.3 is 16.3 Å². The van der Waals surface area contributed by atoms with Gasteiger partial charge in [0.15, 0.2) is 0 Å². The first-order valence-corrected chi connectivity index (χ1v) is 5.38. The fraction of sp³-hybridized carbons (Fsp3) is 0.143. The molecule has 1 aromatic rings. The lowest BCUT2D eigenvalue weighted by Gasteiger charge is -2.04. The van der Waals surface area contributed by atoms with Gasteiger partial charge in [-0.05, 0) is 12.1 Å². The van der Waals surface area contributed by atoms with Gasteiger partial charge in [-0.25, -0.2) is 9.52 Å². The number of aromatic nitrogens is 1. The third-order valence-electron chi connectivity index (χ3n) is 1.39. The number of hydrogen-bond acceptors (Lipinski definition) is 4. The first-order chi connectivity index (χ1) is 6.99. The number of pyridine rings is 1. The van der Waals surface area contributed by atoms with Crippen molar-refractivity contribution < 1.29 is 18.3 Å². The van der Waals surface area contributed by atoms with E-state index in [0.29, 0.717) is 5.69 Å². The quantitative estimate of drug-likeness (QED) is 0.658. The SMILES string of the molecule is O=C(O)NS(=O)(=O)NCc1ccccn1. The van der Waals surface area contributed by atoms with Crippen molar-refractivity contribution in [1.29, 1.82) is 0 Å². The van der Waals surface area contributed by atoms with Crippen LogP contribution >= 0.6 is 0 Å². The van der Waals surface area contributed by atoms with Crippen LogP contribution in [0.25, 0.3) is 0 Å². The molecular formula is C7H9N3O4S. The Bertz CT molecular complexity index is 431. The summed E-state index contributed by atoms with van der Waals surface area (Å²) in [6.45, 7) is -0.0660. The van der Waals surface area contributed by atoms with Gasteiger partial charge in [0.25, 0.3) is 0 Å². The molecule has 8 heteroatoms. The summed E-state index contributed by atoms with van der Waals surface area (Å²) < 4.78 is 25.3. The highest BCUT2D eigenvalue weighted by Gasteiger charge is 2.12. The Labute approximate surface area is 86.3 Å². The molecule has 1 amide bonds. The summed E-state index contributed by atoms with van der Waals surface area (Å²) in [6.07, 6.45) is -0.127. The van der Waals surface area contributed by atoms with E-state index in [-0.39, 0.29) is 6.54 Å². The van der Waals surface area contributed by atoms with E-state index in [9.17, 15) is 13.2 Å². The largest absolute Gasteiger partial charge is 0.464 e. The molecule has 15 heavy (non-hydrogen) atoms. The molecule has 1 heterocycles. The second-order valence-electron chi connectivity index (χ2n) is 2.55. The van der Waals surface area contributed by atoms with Crippen molar-refractivity contribution in [2.45, 2.75) is 6.54 Å². The van der Waals surface area contributed by atoms with Crippen LogP contribution in [0.1, 0.15) is 5.69 Å². The number of nitrogens with one attached hydrogen (secondary N) is 2. The number of nitrogens with zero attached hydrogens (tertiary/aromatic N) is 1. The Morgan fingerprint density at radius 3 is 2.73 bits per heavy atom. The van der Waals surface area contributed by atoms with Crippen LogP contribution in [-0.2, 0) is 16.8 Å². The average Bonchev–Trinajstić information content (AvgIpc) is 2.15. The lowest BCUT2D eigenvalue weighted by atomic mass is 10.4. The van der Waals surface area contributed by atoms with Crippen LogP contribution in [0, 0.1) is 0 Å². The van der Waals surface area contributed by atoms with E-state index in [1.807, 2.05) is 4.72 Å². The lowest BCUT2D eigenvalue weighted by molar-refractivity contribution is 0.201. The summed E-state index contributed by atoms with van der Waals surface area (Å²) in [6, 6.07) is 5.00. The van der Waals surface area contributed by atoms with E-state index >= 15 is 0 Å². The highest BCUT2D eigenvalue weighted by molar-refractivity contribution is 7.88. The Kier molecular flexibility index (Phi) is 3.58. The zero-order valence-electron chi connectivity index (χ0n) is 7.54. The van der Waals surface area contributed by atoms with Crippen molar-refractivity contribution in [3.63, 3.8) is 0 Å². The van der Waals surface area contributed by atoms with Crippen molar-refractivity contribution in [1.82, 2.24) is 14.4 Å². The molecule has 0 atom stereocenters. The second-order valence-corrected chi connectivity index (χ2v) is 4.05. The predicted molar refractivity (Wildman–Crippen MR) is 51.2 cm³/mol. The number of rotatable bonds is 4. The normalized spacial score (nSPS) is 10.9. The van der Waals surface area contributed by atoms with Crippen LogP contribution in [0.4, 0.5) is 4.79 Å². The molecule has 7 nitrogen and oxygen atoms in total. The Morgan fingerprint density at radius 1 is 1.47 bits per heavy atom. The maximum Gasteiger partial charge on any atom is 0.419 e. The van der Waals surface area contributed by atoms with Crippen molar-refractivity contribution in [3.05, 3.63) is 30.1 Å². The van der Waals surface area contributed by atoms with E-state index < -0.39 is 16.3 Å². The van der Waals surface area contributed by atoms with Crippen LogP contribution < -0.4 is 9.44 Å². The smallest absolute Gasteiger partial charge is 0.419 e. The van der Waals surface area contributed by atoms with Gasteiger partial charge in [0, 0.05) is 6.20 Å². The molecule has 0 aliphatic carbocycles. The van der Waals surface area contributed by atoms with Gasteiger partial charge < -0.3 is 5.11 Å². The zero-order chi connectivity index (χ0) is 11.3. The summed E-state index contributed by atoms with van der Waals surface area (Å²) in [5.41, 5.74) is 0.494. The van der Waals surface area contributed by atoms with Gasteiger partial charge in [-0.3, -0.25) is 4.98 Å². The molecular weight excluding hydrogens is 222 g/mol. The molecule has 0 radical (unpaired) electrons. The molecule has 0 unspecified atom stereocenters. The van der Waals surface area contributed by atoms with Crippen molar-refractivity contribution in [2.24, 2.45) is 0 Å². The average molecular weight is 231 g/mol. The van der Waals surface area contributed by atoms with Gasteiger partial charge in [0.1, 0.15) is 0 Å². The molecule has 0 saturated carbocycles. The molecule has 0 bridgehead atoms. The van der Waals surface area contributed by atoms with Gasteiger partial charge in [0.05, 0.1) is 12.2 Å². The molecule has 0 spiro atoms. The molecule has 0 aromatic carbocycles. The highest BCUT2D eigenvalue weighted by Crippen LogP contribution is 1.92. The molecule has 1 aromatic heterocycles. The lowest BCUT2D eigenvalue weighted by Crippen LogP contribution is -2.39. The fourth-order valence-electron chi connectivity index (χ4n) is 0.823. The topological polar surface area (TPSA) is 108 Å². The monoisotopic (exact) mass is 231 g/mol. The molecule has 82 valence electrons. The summed E-state index contributed by atoms with van der Waals surface area (Å²) in [7, 11) is -4.02. The van der Waals surface area contributed by atoms with Crippen LogP contribution in [0.3, 0.4) is 0 Å². The first kappa shape index (κ1) is 11.4. The van der Waals surface area contributed by atoms with Crippen LogP contribution in [0.5, 0.6) is 0 Å². The second kappa shape index (κ2) is 4.71. The third-order valence-corrected chi connectivity index (χ3v) is 2.36. The Balaban J connectivity index is 2.54. The molecule has 0 aliphatic heterocycles. The summed E-state index contributed by atoms with van der Waals surface area (Å²) in [5.74, 6) is 0. The van der Waals surface area contributed by atoms with E-state index in [0.717, 1.165) is 0 Å². The number of carbonyl (C=O) groups is 1. The highest BCUT2D eigenvalue weighted by atomic mass is 32.2. The molecule has 0 aliphatic rings. The molecule has 0 saturated heterocycles. The van der Waals surface area contributed by atoms with E-state index in [4.69, 9.17) is 5.11 Å². The minimum absolute atomic E-state index is 0.0660. The van der Waals surface area contributed by atoms with E-state index in [2.05, 4.69) is 4.98 Å². The van der Waals surface area contributed by atoms with Crippen LogP contribution in [0.15, 0.2) is 24.4 Å².